The van der Waals surface area contributed by atoms with Crippen molar-refractivity contribution in [1.82, 2.24) is 0 Å². The van der Waals surface area contributed by atoms with Crippen molar-refractivity contribution in [1.29, 1.82) is 0 Å². The van der Waals surface area contributed by atoms with E-state index in [1.165, 1.54) is 6.66 Å². The Morgan fingerprint density at radius 1 is 1.11 bits per heavy atom. The fourth-order valence-electron chi connectivity index (χ4n) is 1.05. The molecule has 19 heavy (non-hydrogen) atoms. The Hall–Kier alpha value is -1.26. The van der Waals surface area contributed by atoms with Crippen LogP contribution in [0.3, 0.4) is 0 Å². The lowest BCUT2D eigenvalue weighted by Crippen LogP contribution is -2.14. The molecule has 0 aromatic rings. The van der Waals surface area contributed by atoms with Crippen LogP contribution in [-0.4, -0.2) is 38.4 Å². The average molecular weight is 291 g/mol. The standard InChI is InChI=1S/C12H20O6P/c1-10(2)12(14)17-9-8-16-11(13)6-4-5-7-18-19(3)15/h1,4-9H2,2-3H3/q+1. The number of esters is 2. The Labute approximate surface area is 114 Å². The summed E-state index contributed by atoms with van der Waals surface area (Å²) in [5.41, 5.74) is 0.306. The third-order valence-electron chi connectivity index (χ3n) is 1.98. The third kappa shape index (κ3) is 11.6. The van der Waals surface area contributed by atoms with Crippen molar-refractivity contribution >= 4 is 20.0 Å². The van der Waals surface area contributed by atoms with Crippen LogP contribution in [0, 0.1) is 0 Å². The Balaban J connectivity index is 3.42. The number of hydrogen-bond acceptors (Lipinski definition) is 6. The van der Waals surface area contributed by atoms with Crippen LogP contribution >= 0.6 is 8.03 Å². The minimum absolute atomic E-state index is 0.0247. The lowest BCUT2D eigenvalue weighted by atomic mass is 10.2. The summed E-state index contributed by atoms with van der Waals surface area (Å²) >= 11 is 0. The Bertz CT molecular complexity index is 339. The molecule has 0 spiro atoms. The summed E-state index contributed by atoms with van der Waals surface area (Å²) in [6.45, 7) is 6.88. The summed E-state index contributed by atoms with van der Waals surface area (Å²) in [6.07, 6.45) is 1.51. The van der Waals surface area contributed by atoms with E-state index >= 15 is 0 Å². The van der Waals surface area contributed by atoms with E-state index in [-0.39, 0.29) is 25.6 Å². The molecule has 0 aliphatic heterocycles. The molecular weight excluding hydrogens is 271 g/mol. The molecule has 0 aliphatic carbocycles. The highest BCUT2D eigenvalue weighted by atomic mass is 31.1. The zero-order valence-electron chi connectivity index (χ0n) is 11.3. The number of unbranched alkanes of at least 4 members (excludes halogenated alkanes) is 1. The van der Waals surface area contributed by atoms with Crippen LogP contribution in [0.4, 0.5) is 0 Å². The Morgan fingerprint density at radius 2 is 1.74 bits per heavy atom. The van der Waals surface area contributed by atoms with Gasteiger partial charge in [-0.3, -0.25) is 4.79 Å². The van der Waals surface area contributed by atoms with Gasteiger partial charge in [-0.2, -0.15) is 0 Å². The molecule has 1 atom stereocenters. The van der Waals surface area contributed by atoms with Crippen molar-refractivity contribution in [2.45, 2.75) is 26.2 Å². The molecule has 0 radical (unpaired) electrons. The number of carbonyl (C=O) groups is 2. The van der Waals surface area contributed by atoms with E-state index in [2.05, 4.69) is 6.58 Å². The zero-order valence-corrected chi connectivity index (χ0v) is 12.2. The van der Waals surface area contributed by atoms with Gasteiger partial charge in [-0.1, -0.05) is 6.58 Å². The van der Waals surface area contributed by atoms with Crippen LogP contribution in [0.25, 0.3) is 0 Å². The van der Waals surface area contributed by atoms with Crippen molar-refractivity contribution in [3.63, 3.8) is 0 Å². The molecule has 0 N–H and O–H groups in total. The van der Waals surface area contributed by atoms with E-state index in [0.717, 1.165) is 0 Å². The predicted octanol–water partition coefficient (Wildman–Crippen LogP) is 2.21. The van der Waals surface area contributed by atoms with E-state index in [1.54, 1.807) is 6.92 Å². The van der Waals surface area contributed by atoms with E-state index in [9.17, 15) is 14.2 Å². The van der Waals surface area contributed by atoms with Gasteiger partial charge in [0, 0.05) is 12.0 Å². The summed E-state index contributed by atoms with van der Waals surface area (Å²) < 4.78 is 25.1. The van der Waals surface area contributed by atoms with Crippen LogP contribution in [0.15, 0.2) is 12.2 Å². The lowest BCUT2D eigenvalue weighted by Gasteiger charge is -2.05. The molecule has 0 aromatic carbocycles. The summed E-state index contributed by atoms with van der Waals surface area (Å²) in [5.74, 6) is -0.853. The van der Waals surface area contributed by atoms with Crippen LogP contribution in [0.1, 0.15) is 26.2 Å². The minimum Gasteiger partial charge on any atom is -0.462 e. The minimum atomic E-state index is -1.58. The molecule has 108 valence electrons. The monoisotopic (exact) mass is 291 g/mol. The van der Waals surface area contributed by atoms with Crippen LogP contribution in [0.2, 0.25) is 0 Å². The number of rotatable bonds is 10. The van der Waals surface area contributed by atoms with Crippen molar-refractivity contribution in [3.05, 3.63) is 12.2 Å². The summed E-state index contributed by atoms with van der Waals surface area (Å²) in [7, 11) is -1.58. The first-order valence-corrected chi connectivity index (χ1v) is 7.58. The number of ether oxygens (including phenoxy) is 2. The second-order valence-corrected chi connectivity index (χ2v) is 5.00. The van der Waals surface area contributed by atoms with Gasteiger partial charge >= 0.3 is 20.0 Å². The number of carbonyl (C=O) groups excluding carboxylic acids is 2. The Morgan fingerprint density at radius 3 is 2.32 bits per heavy atom. The molecule has 0 saturated heterocycles. The topological polar surface area (TPSA) is 78.9 Å². The first-order chi connectivity index (χ1) is 8.93. The first kappa shape index (κ1) is 17.7. The summed E-state index contributed by atoms with van der Waals surface area (Å²) in [6, 6.07) is 0. The van der Waals surface area contributed by atoms with Gasteiger partial charge < -0.3 is 9.47 Å². The van der Waals surface area contributed by atoms with Crippen LogP contribution in [0.5, 0.6) is 0 Å². The smallest absolute Gasteiger partial charge is 0.462 e. The normalized spacial score (nSPS) is 10.7. The molecule has 0 saturated carbocycles. The van der Waals surface area contributed by atoms with Gasteiger partial charge in [-0.25, -0.2) is 4.79 Å². The lowest BCUT2D eigenvalue weighted by molar-refractivity contribution is -0.150. The molecule has 0 fully saturated rings. The maximum absolute atomic E-state index is 11.2. The fourth-order valence-corrected chi connectivity index (χ4v) is 1.44. The zero-order chi connectivity index (χ0) is 14.7. The van der Waals surface area contributed by atoms with Crippen LogP contribution in [-0.2, 0) is 28.2 Å². The van der Waals surface area contributed by atoms with Gasteiger partial charge in [0.1, 0.15) is 19.8 Å². The Kier molecular flexibility index (Phi) is 9.94. The molecule has 0 aliphatic rings. The van der Waals surface area contributed by atoms with Gasteiger partial charge in [0.15, 0.2) is 6.66 Å². The van der Waals surface area contributed by atoms with Crippen molar-refractivity contribution < 1.29 is 28.2 Å². The molecule has 6 nitrogen and oxygen atoms in total. The van der Waals surface area contributed by atoms with Crippen LogP contribution < -0.4 is 0 Å². The molecule has 7 heteroatoms. The van der Waals surface area contributed by atoms with Gasteiger partial charge in [0.2, 0.25) is 0 Å². The largest absolute Gasteiger partial charge is 0.504 e. The highest BCUT2D eigenvalue weighted by molar-refractivity contribution is 7.38. The van der Waals surface area contributed by atoms with Crippen molar-refractivity contribution in [2.24, 2.45) is 0 Å². The maximum atomic E-state index is 11.2. The van der Waals surface area contributed by atoms with Crippen molar-refractivity contribution in [3.8, 4) is 0 Å². The number of hydrogen-bond donors (Lipinski definition) is 0. The highest BCUT2D eigenvalue weighted by Crippen LogP contribution is 2.15. The van der Waals surface area contributed by atoms with Gasteiger partial charge in [0.05, 0.1) is 0 Å². The van der Waals surface area contributed by atoms with E-state index in [4.69, 9.17) is 14.0 Å². The molecule has 0 amide bonds. The average Bonchev–Trinajstić information content (AvgIpc) is 2.33. The second kappa shape index (κ2) is 10.6. The van der Waals surface area contributed by atoms with Gasteiger partial charge in [-0.15, -0.1) is 4.52 Å². The molecular formula is C12H20O6P+. The quantitative estimate of drug-likeness (QED) is 0.266. The summed E-state index contributed by atoms with van der Waals surface area (Å²) in [5, 5.41) is 0. The van der Waals surface area contributed by atoms with Gasteiger partial charge in [-0.05, 0) is 24.3 Å². The summed E-state index contributed by atoms with van der Waals surface area (Å²) in [4.78, 5) is 22.2. The highest BCUT2D eigenvalue weighted by Gasteiger charge is 2.08. The molecule has 0 aromatic heterocycles. The van der Waals surface area contributed by atoms with E-state index in [0.29, 0.717) is 25.0 Å². The maximum Gasteiger partial charge on any atom is 0.504 e. The van der Waals surface area contributed by atoms with Crippen molar-refractivity contribution in [2.75, 3.05) is 26.5 Å². The second-order valence-electron chi connectivity index (χ2n) is 3.87. The molecule has 0 bridgehead atoms. The third-order valence-corrected chi connectivity index (χ3v) is 2.52. The molecule has 0 heterocycles. The predicted molar refractivity (Wildman–Crippen MR) is 70.1 cm³/mol. The molecule has 0 rings (SSSR count). The van der Waals surface area contributed by atoms with E-state index < -0.39 is 14.0 Å². The van der Waals surface area contributed by atoms with E-state index in [1.807, 2.05) is 0 Å². The van der Waals surface area contributed by atoms with Gasteiger partial charge in [0.25, 0.3) is 0 Å². The molecule has 1 unspecified atom stereocenters. The fraction of sp³-hybridized carbons (Fsp3) is 0.667. The first-order valence-electron chi connectivity index (χ1n) is 5.95. The SMILES string of the molecule is C=C(C)C(=O)OCCOC(=O)CCCCO[P+](C)=O.